The van der Waals surface area contributed by atoms with E-state index in [-0.39, 0.29) is 12.5 Å². The molecule has 0 saturated heterocycles. The summed E-state index contributed by atoms with van der Waals surface area (Å²) < 4.78 is 11.5. The molecule has 4 rings (SSSR count). The van der Waals surface area contributed by atoms with Crippen LogP contribution in [0.1, 0.15) is 42.7 Å². The third-order valence-corrected chi connectivity index (χ3v) is 5.49. The molecule has 6 heteroatoms. The van der Waals surface area contributed by atoms with Gasteiger partial charge >= 0.3 is 11.9 Å². The van der Waals surface area contributed by atoms with Gasteiger partial charge in [0.05, 0.1) is 11.1 Å². The Hall–Kier alpha value is -4.71. The molecule has 180 valence electrons. The summed E-state index contributed by atoms with van der Waals surface area (Å²) in [6, 6.07) is 34.0. The lowest BCUT2D eigenvalue weighted by Crippen LogP contribution is -2.44. The van der Waals surface area contributed by atoms with Crippen LogP contribution in [0.2, 0.25) is 0 Å². The van der Waals surface area contributed by atoms with Crippen molar-refractivity contribution >= 4 is 17.8 Å². The third kappa shape index (κ3) is 6.45. The van der Waals surface area contributed by atoms with Crippen LogP contribution >= 0.6 is 0 Å². The van der Waals surface area contributed by atoms with Gasteiger partial charge in [0.15, 0.2) is 6.10 Å². The highest BCUT2D eigenvalue weighted by Crippen LogP contribution is 2.24. The average Bonchev–Trinajstić information content (AvgIpc) is 2.95. The Kier molecular flexibility index (Phi) is 8.22. The van der Waals surface area contributed by atoms with Crippen molar-refractivity contribution < 1.29 is 23.9 Å². The molecule has 0 saturated carbocycles. The molecule has 0 aromatic heterocycles. The maximum absolute atomic E-state index is 13.1. The molecule has 4 aromatic carbocycles. The molecule has 0 aliphatic carbocycles. The number of nitrogens with one attached hydrogen (secondary N) is 1. The predicted octanol–water partition coefficient (Wildman–Crippen LogP) is 5.24. The van der Waals surface area contributed by atoms with Gasteiger partial charge in [-0.1, -0.05) is 84.9 Å². The zero-order valence-electron chi connectivity index (χ0n) is 19.5. The van der Waals surface area contributed by atoms with E-state index >= 15 is 0 Å². The van der Waals surface area contributed by atoms with Gasteiger partial charge in [-0.2, -0.15) is 0 Å². The minimum absolute atomic E-state index is 0.214. The van der Waals surface area contributed by atoms with E-state index in [0.717, 1.165) is 0 Å². The van der Waals surface area contributed by atoms with E-state index in [2.05, 4.69) is 5.32 Å². The SMILES string of the molecule is O=C(N[C@H](COC(=O)c1ccccc1)[C@@H](OC(=O)c1ccccc1)c1ccccc1)c1ccccc1. The zero-order chi connectivity index (χ0) is 25.2. The summed E-state index contributed by atoms with van der Waals surface area (Å²) in [6.45, 7) is -0.214. The molecule has 0 aliphatic heterocycles. The molecule has 0 aliphatic rings. The van der Waals surface area contributed by atoms with E-state index in [1.54, 1.807) is 97.1 Å². The van der Waals surface area contributed by atoms with Gasteiger partial charge in [0, 0.05) is 5.56 Å². The fourth-order valence-electron chi connectivity index (χ4n) is 3.65. The molecule has 0 unspecified atom stereocenters. The van der Waals surface area contributed by atoms with Crippen LogP contribution in [0.25, 0.3) is 0 Å². The Balaban J connectivity index is 1.63. The molecule has 0 bridgehead atoms. The smallest absolute Gasteiger partial charge is 0.338 e. The molecular weight excluding hydrogens is 454 g/mol. The van der Waals surface area contributed by atoms with E-state index in [1.165, 1.54) is 0 Å². The van der Waals surface area contributed by atoms with Gasteiger partial charge in [-0.15, -0.1) is 0 Å². The normalized spacial score (nSPS) is 12.1. The number of esters is 2. The number of benzene rings is 4. The lowest BCUT2D eigenvalue weighted by molar-refractivity contribution is 0.00485. The Morgan fingerprint density at radius 3 is 1.56 bits per heavy atom. The molecule has 4 aromatic rings. The Morgan fingerprint density at radius 2 is 1.03 bits per heavy atom. The van der Waals surface area contributed by atoms with Crippen molar-refractivity contribution in [2.75, 3.05) is 6.61 Å². The van der Waals surface area contributed by atoms with Gasteiger partial charge in [-0.3, -0.25) is 4.79 Å². The average molecular weight is 480 g/mol. The second kappa shape index (κ2) is 12.1. The largest absolute Gasteiger partial charge is 0.460 e. The second-order valence-electron chi connectivity index (χ2n) is 8.01. The van der Waals surface area contributed by atoms with Crippen molar-refractivity contribution in [1.29, 1.82) is 0 Å². The van der Waals surface area contributed by atoms with Gasteiger partial charge in [0.2, 0.25) is 0 Å². The number of rotatable bonds is 9. The summed E-state index contributed by atoms with van der Waals surface area (Å²) in [5.74, 6) is -1.48. The Morgan fingerprint density at radius 1 is 0.583 bits per heavy atom. The topological polar surface area (TPSA) is 81.7 Å². The van der Waals surface area contributed by atoms with Crippen LogP contribution in [0.15, 0.2) is 121 Å². The number of ether oxygens (including phenoxy) is 2. The fourth-order valence-corrected chi connectivity index (χ4v) is 3.65. The van der Waals surface area contributed by atoms with E-state index in [0.29, 0.717) is 22.3 Å². The van der Waals surface area contributed by atoms with Crippen molar-refractivity contribution in [2.45, 2.75) is 12.1 Å². The van der Waals surface area contributed by atoms with Gasteiger partial charge in [-0.05, 0) is 42.0 Å². The van der Waals surface area contributed by atoms with Crippen molar-refractivity contribution in [3.8, 4) is 0 Å². The summed E-state index contributed by atoms with van der Waals surface area (Å²) in [5, 5.41) is 2.90. The van der Waals surface area contributed by atoms with Crippen molar-refractivity contribution in [1.82, 2.24) is 5.32 Å². The first-order chi connectivity index (χ1) is 17.6. The van der Waals surface area contributed by atoms with E-state index < -0.39 is 24.1 Å². The van der Waals surface area contributed by atoms with Crippen LogP contribution < -0.4 is 5.32 Å². The first-order valence-corrected chi connectivity index (χ1v) is 11.5. The Bertz CT molecular complexity index is 1280. The highest BCUT2D eigenvalue weighted by atomic mass is 16.6. The third-order valence-electron chi connectivity index (χ3n) is 5.49. The molecule has 0 radical (unpaired) electrons. The monoisotopic (exact) mass is 479 g/mol. The molecule has 1 N–H and O–H groups in total. The van der Waals surface area contributed by atoms with Crippen LogP contribution in [0.5, 0.6) is 0 Å². The molecule has 36 heavy (non-hydrogen) atoms. The van der Waals surface area contributed by atoms with Crippen LogP contribution in [-0.4, -0.2) is 30.5 Å². The number of amides is 1. The van der Waals surface area contributed by atoms with Crippen molar-refractivity contribution in [2.24, 2.45) is 0 Å². The standard InChI is InChI=1S/C30H25NO5/c32-28(23-15-7-2-8-16-23)31-26(21-35-29(33)24-17-9-3-10-18-24)27(22-13-5-1-6-14-22)36-30(34)25-19-11-4-12-20-25/h1-20,26-27H,21H2,(H,31,32)/t26-,27+/m1/s1. The van der Waals surface area contributed by atoms with Crippen molar-refractivity contribution in [3.63, 3.8) is 0 Å². The number of hydrogen-bond acceptors (Lipinski definition) is 5. The second-order valence-corrected chi connectivity index (χ2v) is 8.01. The summed E-state index contributed by atoms with van der Waals surface area (Å²) in [7, 11) is 0. The lowest BCUT2D eigenvalue weighted by atomic mass is 10.0. The summed E-state index contributed by atoms with van der Waals surface area (Å²) in [4.78, 5) is 38.7. The highest BCUT2D eigenvalue weighted by molar-refractivity contribution is 5.94. The summed E-state index contributed by atoms with van der Waals surface area (Å²) in [6.07, 6.45) is -0.921. The Labute approximate surface area is 209 Å². The number of carbonyl (C=O) groups is 3. The van der Waals surface area contributed by atoms with E-state index in [4.69, 9.17) is 9.47 Å². The molecule has 0 fully saturated rings. The summed E-state index contributed by atoms with van der Waals surface area (Å²) >= 11 is 0. The van der Waals surface area contributed by atoms with Gasteiger partial charge in [0.25, 0.3) is 5.91 Å². The molecule has 1 amide bonds. The first kappa shape index (κ1) is 24.4. The zero-order valence-corrected chi connectivity index (χ0v) is 19.5. The quantitative estimate of drug-likeness (QED) is 0.332. The van der Waals surface area contributed by atoms with E-state index in [1.807, 2.05) is 24.3 Å². The van der Waals surface area contributed by atoms with E-state index in [9.17, 15) is 14.4 Å². The van der Waals surface area contributed by atoms with Gasteiger partial charge in [-0.25, -0.2) is 9.59 Å². The molecular formula is C30H25NO5. The maximum Gasteiger partial charge on any atom is 0.338 e. The summed E-state index contributed by atoms with van der Waals surface area (Å²) in [5.41, 5.74) is 1.82. The molecule has 0 heterocycles. The van der Waals surface area contributed by atoms with Crippen LogP contribution in [0.4, 0.5) is 0 Å². The first-order valence-electron chi connectivity index (χ1n) is 11.5. The molecule has 0 spiro atoms. The highest BCUT2D eigenvalue weighted by Gasteiger charge is 2.31. The lowest BCUT2D eigenvalue weighted by Gasteiger charge is -2.28. The molecule has 6 nitrogen and oxygen atoms in total. The van der Waals surface area contributed by atoms with Crippen LogP contribution in [0, 0.1) is 0 Å². The number of carbonyl (C=O) groups excluding carboxylic acids is 3. The minimum atomic E-state index is -0.921. The van der Waals surface area contributed by atoms with Gasteiger partial charge in [0.1, 0.15) is 12.6 Å². The van der Waals surface area contributed by atoms with Crippen molar-refractivity contribution in [3.05, 3.63) is 144 Å². The number of hydrogen-bond donors (Lipinski definition) is 1. The predicted molar refractivity (Wildman–Crippen MR) is 135 cm³/mol. The van der Waals surface area contributed by atoms with Crippen LogP contribution in [-0.2, 0) is 9.47 Å². The maximum atomic E-state index is 13.1. The minimum Gasteiger partial charge on any atom is -0.460 e. The van der Waals surface area contributed by atoms with Crippen LogP contribution in [0.3, 0.4) is 0 Å². The molecule has 2 atom stereocenters. The van der Waals surface area contributed by atoms with Gasteiger partial charge < -0.3 is 14.8 Å². The fraction of sp³-hybridized carbons (Fsp3) is 0.100.